The summed E-state index contributed by atoms with van der Waals surface area (Å²) in [6.07, 6.45) is 1.29. The molecular formula is C22H12Cl4FN3O2. The second-order valence-electron chi connectivity index (χ2n) is 6.34. The number of nitrogens with zero attached hydrogens (tertiary/aromatic N) is 2. The number of carbonyl (C=O) groups excluding carboxylic acids is 1. The maximum absolute atomic E-state index is 13.9. The lowest BCUT2D eigenvalue weighted by molar-refractivity contribution is 0.0951. The molecule has 3 rings (SSSR count). The summed E-state index contributed by atoms with van der Waals surface area (Å²) in [6, 6.07) is 13.4. The zero-order chi connectivity index (χ0) is 23.3. The van der Waals surface area contributed by atoms with Crippen molar-refractivity contribution in [3.63, 3.8) is 0 Å². The Kier molecular flexibility index (Phi) is 7.94. The molecule has 0 aliphatic rings. The Bertz CT molecular complexity index is 1240. The Hall–Kier alpha value is -2.82. The highest BCUT2D eigenvalue weighted by atomic mass is 35.5. The van der Waals surface area contributed by atoms with Crippen LogP contribution in [0.4, 0.5) is 4.39 Å². The Labute approximate surface area is 202 Å². The molecule has 0 heterocycles. The van der Waals surface area contributed by atoms with Gasteiger partial charge in [-0.2, -0.15) is 10.4 Å². The van der Waals surface area contributed by atoms with Crippen LogP contribution in [0.1, 0.15) is 27.0 Å². The molecule has 0 aliphatic carbocycles. The first-order valence-electron chi connectivity index (χ1n) is 8.87. The molecule has 0 unspecified atom stereocenters. The van der Waals surface area contributed by atoms with E-state index in [0.29, 0.717) is 21.2 Å². The number of carbonyl (C=O) groups is 1. The van der Waals surface area contributed by atoms with Crippen molar-refractivity contribution in [3.8, 4) is 11.8 Å². The van der Waals surface area contributed by atoms with E-state index in [9.17, 15) is 9.18 Å². The van der Waals surface area contributed by atoms with Gasteiger partial charge in [-0.3, -0.25) is 4.79 Å². The van der Waals surface area contributed by atoms with E-state index in [4.69, 9.17) is 56.4 Å². The minimum absolute atomic E-state index is 0.104. The lowest BCUT2D eigenvalue weighted by atomic mass is 10.1. The summed E-state index contributed by atoms with van der Waals surface area (Å²) in [4.78, 5) is 12.1. The van der Waals surface area contributed by atoms with Gasteiger partial charge < -0.3 is 4.74 Å². The highest BCUT2D eigenvalue weighted by Crippen LogP contribution is 2.35. The molecule has 1 amide bonds. The fourth-order valence-electron chi connectivity index (χ4n) is 2.58. The number of nitrogens with one attached hydrogen (secondary N) is 1. The molecule has 1 N–H and O–H groups in total. The van der Waals surface area contributed by atoms with Crippen LogP contribution in [-0.4, -0.2) is 12.1 Å². The molecule has 5 nitrogen and oxygen atoms in total. The van der Waals surface area contributed by atoms with Gasteiger partial charge in [0.1, 0.15) is 12.4 Å². The largest absolute Gasteiger partial charge is 0.486 e. The number of halogens is 5. The van der Waals surface area contributed by atoms with Crippen LogP contribution in [0.5, 0.6) is 5.75 Å². The van der Waals surface area contributed by atoms with E-state index in [0.717, 1.165) is 6.07 Å². The Balaban J connectivity index is 1.67. The number of hydrazone groups is 1. The van der Waals surface area contributed by atoms with E-state index in [2.05, 4.69) is 10.5 Å². The minimum atomic E-state index is -0.829. The third-order valence-corrected chi connectivity index (χ3v) is 5.28. The summed E-state index contributed by atoms with van der Waals surface area (Å²) >= 11 is 24.5. The van der Waals surface area contributed by atoms with Crippen molar-refractivity contribution in [1.82, 2.24) is 5.43 Å². The van der Waals surface area contributed by atoms with Crippen LogP contribution in [-0.2, 0) is 6.61 Å². The zero-order valence-corrected chi connectivity index (χ0v) is 19.0. The van der Waals surface area contributed by atoms with Crippen LogP contribution in [0.15, 0.2) is 53.6 Å². The van der Waals surface area contributed by atoms with Crippen LogP contribution in [0.2, 0.25) is 20.1 Å². The van der Waals surface area contributed by atoms with Gasteiger partial charge in [-0.25, -0.2) is 9.82 Å². The number of rotatable bonds is 6. The van der Waals surface area contributed by atoms with Gasteiger partial charge in [-0.05, 0) is 48.0 Å². The van der Waals surface area contributed by atoms with Crippen molar-refractivity contribution < 1.29 is 13.9 Å². The van der Waals surface area contributed by atoms with Gasteiger partial charge in [-0.15, -0.1) is 0 Å². The first-order chi connectivity index (χ1) is 15.3. The van der Waals surface area contributed by atoms with E-state index in [1.54, 1.807) is 24.3 Å². The van der Waals surface area contributed by atoms with Crippen LogP contribution in [0.25, 0.3) is 0 Å². The fraction of sp³-hybridized carbons (Fsp3) is 0.0455. The van der Waals surface area contributed by atoms with E-state index in [-0.39, 0.29) is 33.5 Å². The second kappa shape index (κ2) is 10.7. The number of hydrogen-bond acceptors (Lipinski definition) is 4. The van der Waals surface area contributed by atoms with Gasteiger partial charge in [-0.1, -0.05) is 52.5 Å². The Morgan fingerprint density at radius 3 is 2.41 bits per heavy atom. The van der Waals surface area contributed by atoms with Gasteiger partial charge in [0.05, 0.1) is 33.5 Å². The predicted molar refractivity (Wildman–Crippen MR) is 123 cm³/mol. The van der Waals surface area contributed by atoms with Gasteiger partial charge in [0.25, 0.3) is 5.91 Å². The summed E-state index contributed by atoms with van der Waals surface area (Å²) in [5.41, 5.74) is 3.23. The molecule has 0 bridgehead atoms. The number of benzene rings is 3. The molecule has 0 saturated heterocycles. The predicted octanol–water partition coefficient (Wildman–Crippen LogP) is 6.65. The van der Waals surface area contributed by atoms with E-state index >= 15 is 0 Å². The van der Waals surface area contributed by atoms with Crippen molar-refractivity contribution in [3.05, 3.63) is 96.7 Å². The molecule has 0 atom stereocenters. The van der Waals surface area contributed by atoms with E-state index < -0.39 is 11.7 Å². The number of hydrogen-bond donors (Lipinski definition) is 1. The molecule has 0 fully saturated rings. The highest BCUT2D eigenvalue weighted by Gasteiger charge is 2.13. The molecule has 162 valence electrons. The summed E-state index contributed by atoms with van der Waals surface area (Å²) in [6.45, 7) is 0.120. The first-order valence-corrected chi connectivity index (χ1v) is 10.4. The monoisotopic (exact) mass is 509 g/mol. The normalized spacial score (nSPS) is 10.8. The number of nitriles is 1. The zero-order valence-electron chi connectivity index (χ0n) is 16.0. The summed E-state index contributed by atoms with van der Waals surface area (Å²) in [7, 11) is 0. The molecule has 0 saturated carbocycles. The number of ether oxygens (including phenoxy) is 1. The number of amides is 1. The van der Waals surface area contributed by atoms with Crippen molar-refractivity contribution in [1.29, 1.82) is 5.26 Å². The quantitative estimate of drug-likeness (QED) is 0.298. The van der Waals surface area contributed by atoms with E-state index in [1.165, 1.54) is 30.5 Å². The molecule has 0 radical (unpaired) electrons. The second-order valence-corrected chi connectivity index (χ2v) is 8.00. The van der Waals surface area contributed by atoms with Crippen LogP contribution in [0, 0.1) is 17.1 Å². The molecule has 32 heavy (non-hydrogen) atoms. The third-order valence-electron chi connectivity index (χ3n) is 4.13. The fourth-order valence-corrected chi connectivity index (χ4v) is 3.65. The average Bonchev–Trinajstić information content (AvgIpc) is 2.74. The summed E-state index contributed by atoms with van der Waals surface area (Å²) < 4.78 is 19.6. The maximum Gasteiger partial charge on any atom is 0.274 e. The van der Waals surface area contributed by atoms with Gasteiger partial charge in [0.15, 0.2) is 5.75 Å². The maximum atomic E-state index is 13.9. The van der Waals surface area contributed by atoms with Crippen LogP contribution < -0.4 is 10.2 Å². The SMILES string of the molecule is N#Cc1ccc(C(=O)N/N=C/c2cc(Cl)c(OCc3ccc(Cl)cc3Cl)c(Cl)c2)c(F)c1. The average molecular weight is 511 g/mol. The van der Waals surface area contributed by atoms with Crippen molar-refractivity contribution in [2.75, 3.05) is 0 Å². The van der Waals surface area contributed by atoms with Crippen LogP contribution in [0.3, 0.4) is 0 Å². The Morgan fingerprint density at radius 1 is 1.06 bits per heavy atom. The molecule has 0 spiro atoms. The lowest BCUT2D eigenvalue weighted by Crippen LogP contribution is -2.19. The van der Waals surface area contributed by atoms with Crippen molar-refractivity contribution >= 4 is 58.5 Å². The van der Waals surface area contributed by atoms with E-state index in [1.807, 2.05) is 0 Å². The molecular weight excluding hydrogens is 499 g/mol. The van der Waals surface area contributed by atoms with Crippen LogP contribution >= 0.6 is 46.4 Å². The highest BCUT2D eigenvalue weighted by molar-refractivity contribution is 6.37. The Morgan fingerprint density at radius 2 is 1.78 bits per heavy atom. The third kappa shape index (κ3) is 5.90. The molecule has 10 heteroatoms. The summed E-state index contributed by atoms with van der Waals surface area (Å²) in [5.74, 6) is -1.36. The molecule has 3 aromatic carbocycles. The minimum Gasteiger partial charge on any atom is -0.486 e. The van der Waals surface area contributed by atoms with Gasteiger partial charge >= 0.3 is 0 Å². The molecule has 0 aliphatic heterocycles. The smallest absolute Gasteiger partial charge is 0.274 e. The van der Waals surface area contributed by atoms with Crippen molar-refractivity contribution in [2.24, 2.45) is 5.10 Å². The topological polar surface area (TPSA) is 74.5 Å². The molecule has 0 aromatic heterocycles. The van der Waals surface area contributed by atoms with Gasteiger partial charge in [0, 0.05) is 15.6 Å². The molecule has 3 aromatic rings. The first kappa shape index (κ1) is 23.8. The standard InChI is InChI=1S/C22H12Cl4FN3O2/c23-15-3-2-14(17(24)8-15)11-32-21-18(25)5-13(6-19(21)26)10-29-30-22(31)16-4-1-12(9-28)7-20(16)27/h1-8,10H,11H2,(H,30,31)/b29-10+. The lowest BCUT2D eigenvalue weighted by Gasteiger charge is -2.12. The van der Waals surface area contributed by atoms with Gasteiger partial charge in [0.2, 0.25) is 0 Å². The summed E-state index contributed by atoms with van der Waals surface area (Å²) in [5, 5.41) is 13.9. The van der Waals surface area contributed by atoms with Crippen molar-refractivity contribution in [2.45, 2.75) is 6.61 Å².